The summed E-state index contributed by atoms with van der Waals surface area (Å²) in [5.74, 6) is -0.997. The van der Waals surface area contributed by atoms with Crippen LogP contribution in [-0.4, -0.2) is 58.9 Å². The number of piperidine rings is 2. The topological polar surface area (TPSA) is 65.5 Å². The molecule has 174 valence electrons. The van der Waals surface area contributed by atoms with Crippen LogP contribution < -0.4 is 5.32 Å². The predicted octanol–water partition coefficient (Wildman–Crippen LogP) is 4.16. The number of rotatable bonds is 3. The van der Waals surface area contributed by atoms with Crippen LogP contribution in [0.25, 0.3) is 6.08 Å². The number of carbonyl (C=O) groups is 2. The lowest BCUT2D eigenvalue weighted by molar-refractivity contribution is 0.0700. The zero-order valence-electron chi connectivity index (χ0n) is 18.7. The summed E-state index contributed by atoms with van der Waals surface area (Å²) in [6, 6.07) is 6.97. The predicted molar refractivity (Wildman–Crippen MR) is 122 cm³/mol. The van der Waals surface area contributed by atoms with Crippen molar-refractivity contribution >= 4 is 18.0 Å². The van der Waals surface area contributed by atoms with Crippen LogP contribution in [-0.2, 0) is 0 Å². The number of hydrogen-bond donors (Lipinski definition) is 1. The molecule has 1 N–H and O–H groups in total. The minimum Gasteiger partial charge on any atom is -0.337 e. The van der Waals surface area contributed by atoms with Gasteiger partial charge in [0.15, 0.2) is 0 Å². The Balaban J connectivity index is 1.24. The molecule has 0 radical (unpaired) electrons. The van der Waals surface area contributed by atoms with E-state index in [9.17, 15) is 18.4 Å². The molecule has 8 heteroatoms. The van der Waals surface area contributed by atoms with Crippen molar-refractivity contribution < 1.29 is 18.4 Å². The molecule has 2 fully saturated rings. The van der Waals surface area contributed by atoms with Crippen molar-refractivity contribution in [2.75, 3.05) is 26.2 Å². The molecular formula is C25H28F2N4O2. The summed E-state index contributed by atoms with van der Waals surface area (Å²) in [5, 5.41) is 3.08. The number of urea groups is 1. The molecule has 33 heavy (non-hydrogen) atoms. The normalized spacial score (nSPS) is 17.1. The zero-order valence-corrected chi connectivity index (χ0v) is 18.7. The molecule has 3 amide bonds. The summed E-state index contributed by atoms with van der Waals surface area (Å²) in [5.41, 5.74) is 2.69. The highest BCUT2D eigenvalue weighted by atomic mass is 19.1. The Morgan fingerprint density at radius 3 is 2.45 bits per heavy atom. The minimum absolute atomic E-state index is 0.0188. The summed E-state index contributed by atoms with van der Waals surface area (Å²) in [7, 11) is 0. The van der Waals surface area contributed by atoms with Crippen LogP contribution in [0.4, 0.5) is 13.6 Å². The monoisotopic (exact) mass is 454 g/mol. The summed E-state index contributed by atoms with van der Waals surface area (Å²) in [6.45, 7) is 4.15. The van der Waals surface area contributed by atoms with Crippen LogP contribution in [0.15, 0.2) is 42.1 Å². The quantitative estimate of drug-likeness (QED) is 0.757. The van der Waals surface area contributed by atoms with Gasteiger partial charge in [-0.05, 0) is 68.5 Å². The van der Waals surface area contributed by atoms with Gasteiger partial charge in [-0.3, -0.25) is 9.78 Å². The Morgan fingerprint density at radius 1 is 1.03 bits per heavy atom. The van der Waals surface area contributed by atoms with Crippen molar-refractivity contribution in [3.63, 3.8) is 0 Å². The van der Waals surface area contributed by atoms with E-state index in [0.717, 1.165) is 23.3 Å². The van der Waals surface area contributed by atoms with Crippen LogP contribution in [0.3, 0.4) is 0 Å². The van der Waals surface area contributed by atoms with Gasteiger partial charge in [0.2, 0.25) is 0 Å². The van der Waals surface area contributed by atoms with Crippen LogP contribution in [0.5, 0.6) is 0 Å². The Morgan fingerprint density at radius 2 is 1.76 bits per heavy atom. The smallest absolute Gasteiger partial charge is 0.317 e. The van der Waals surface area contributed by atoms with Gasteiger partial charge in [0, 0.05) is 44.0 Å². The van der Waals surface area contributed by atoms with E-state index >= 15 is 0 Å². The van der Waals surface area contributed by atoms with Crippen LogP contribution in [0, 0.1) is 18.6 Å². The van der Waals surface area contributed by atoms with Crippen LogP contribution in [0.1, 0.15) is 47.3 Å². The van der Waals surface area contributed by atoms with E-state index in [-0.39, 0.29) is 23.5 Å². The lowest BCUT2D eigenvalue weighted by atomic mass is 10.0. The highest BCUT2D eigenvalue weighted by Gasteiger charge is 2.27. The standard InChI is InChI=1S/C25H28F2N4O2/c1-17-4-9-28-23(14-17)24(32)30-12-7-21(8-13-30)29-25(33)31-10-5-18(6-11-31)15-19-16-20(26)2-3-22(19)27/h2-4,9,14-16,21H,5-8,10-13H2,1H3,(H,29,33). The number of aromatic nitrogens is 1. The van der Waals surface area contributed by atoms with Gasteiger partial charge < -0.3 is 15.1 Å². The zero-order chi connectivity index (χ0) is 23.4. The van der Waals surface area contributed by atoms with E-state index in [1.54, 1.807) is 28.1 Å². The van der Waals surface area contributed by atoms with Gasteiger partial charge in [0.05, 0.1) is 0 Å². The maximum Gasteiger partial charge on any atom is 0.317 e. The lowest BCUT2D eigenvalue weighted by Crippen LogP contribution is -2.51. The van der Waals surface area contributed by atoms with Gasteiger partial charge in [-0.25, -0.2) is 13.6 Å². The summed E-state index contributed by atoms with van der Waals surface area (Å²) >= 11 is 0. The second-order valence-corrected chi connectivity index (χ2v) is 8.69. The summed E-state index contributed by atoms with van der Waals surface area (Å²) in [6.07, 6.45) is 5.97. The number of amides is 3. The molecule has 0 atom stereocenters. The number of nitrogens with zero attached hydrogens (tertiary/aromatic N) is 3. The van der Waals surface area contributed by atoms with E-state index in [1.807, 2.05) is 13.0 Å². The average molecular weight is 455 g/mol. The SMILES string of the molecule is Cc1ccnc(C(=O)N2CCC(NC(=O)N3CCC(=Cc4cc(F)ccc4F)CC3)CC2)c1. The fraction of sp³-hybridized carbons (Fsp3) is 0.400. The molecule has 3 heterocycles. The highest BCUT2D eigenvalue weighted by molar-refractivity contribution is 5.92. The molecule has 0 bridgehead atoms. The first-order valence-electron chi connectivity index (χ1n) is 11.3. The number of likely N-dealkylation sites (tertiary alicyclic amines) is 2. The van der Waals surface area contributed by atoms with Crippen molar-refractivity contribution in [1.29, 1.82) is 0 Å². The van der Waals surface area contributed by atoms with Gasteiger partial charge in [-0.2, -0.15) is 0 Å². The number of aryl methyl sites for hydroxylation is 1. The van der Waals surface area contributed by atoms with Gasteiger partial charge in [-0.1, -0.05) is 11.6 Å². The molecule has 2 aliphatic heterocycles. The maximum atomic E-state index is 13.9. The molecule has 2 aliphatic rings. The Kier molecular flexibility index (Phi) is 7.01. The number of pyridine rings is 1. The molecule has 0 spiro atoms. The van der Waals surface area contributed by atoms with Gasteiger partial charge in [0.1, 0.15) is 17.3 Å². The highest BCUT2D eigenvalue weighted by Crippen LogP contribution is 2.22. The number of nitrogens with one attached hydrogen (secondary N) is 1. The molecule has 1 aromatic carbocycles. The summed E-state index contributed by atoms with van der Waals surface area (Å²) < 4.78 is 27.2. The third-order valence-electron chi connectivity index (χ3n) is 6.25. The van der Waals surface area contributed by atoms with E-state index in [2.05, 4.69) is 10.3 Å². The molecule has 4 rings (SSSR count). The molecule has 0 unspecified atom stereocenters. The third-order valence-corrected chi connectivity index (χ3v) is 6.25. The van der Waals surface area contributed by atoms with Gasteiger partial charge in [0.25, 0.3) is 5.91 Å². The van der Waals surface area contributed by atoms with Crippen molar-refractivity contribution in [2.45, 2.75) is 38.6 Å². The maximum absolute atomic E-state index is 13.9. The molecule has 0 saturated carbocycles. The first kappa shape index (κ1) is 22.9. The van der Waals surface area contributed by atoms with Crippen molar-refractivity contribution in [3.05, 3.63) is 70.6 Å². The van der Waals surface area contributed by atoms with E-state index in [0.29, 0.717) is 57.6 Å². The Labute approximate surface area is 192 Å². The molecule has 6 nitrogen and oxygen atoms in total. The van der Waals surface area contributed by atoms with Crippen LogP contribution >= 0.6 is 0 Å². The van der Waals surface area contributed by atoms with E-state index in [1.165, 1.54) is 6.07 Å². The van der Waals surface area contributed by atoms with E-state index in [4.69, 9.17) is 0 Å². The molecule has 0 aliphatic carbocycles. The van der Waals surface area contributed by atoms with Gasteiger partial charge >= 0.3 is 6.03 Å². The lowest BCUT2D eigenvalue weighted by Gasteiger charge is -2.35. The second-order valence-electron chi connectivity index (χ2n) is 8.69. The Bertz CT molecular complexity index is 1050. The minimum atomic E-state index is -0.469. The van der Waals surface area contributed by atoms with Crippen molar-refractivity contribution in [1.82, 2.24) is 20.1 Å². The fourth-order valence-corrected chi connectivity index (χ4v) is 4.29. The molecule has 1 aromatic heterocycles. The Hall–Kier alpha value is -3.29. The largest absolute Gasteiger partial charge is 0.337 e. The first-order chi connectivity index (χ1) is 15.9. The number of benzene rings is 1. The molecule has 2 aromatic rings. The average Bonchev–Trinajstić information content (AvgIpc) is 2.82. The summed E-state index contributed by atoms with van der Waals surface area (Å²) in [4.78, 5) is 33.1. The number of hydrogen-bond acceptors (Lipinski definition) is 3. The van der Waals surface area contributed by atoms with Crippen LogP contribution in [0.2, 0.25) is 0 Å². The van der Waals surface area contributed by atoms with E-state index < -0.39 is 11.6 Å². The van der Waals surface area contributed by atoms with Crippen molar-refractivity contribution in [3.8, 4) is 0 Å². The second kappa shape index (κ2) is 10.1. The fourth-order valence-electron chi connectivity index (χ4n) is 4.29. The number of halogens is 2. The molecular weight excluding hydrogens is 426 g/mol. The van der Waals surface area contributed by atoms with Crippen molar-refractivity contribution in [2.24, 2.45) is 0 Å². The first-order valence-corrected chi connectivity index (χ1v) is 11.3. The molecule has 2 saturated heterocycles. The third kappa shape index (κ3) is 5.74. The number of carbonyl (C=O) groups excluding carboxylic acids is 2. The van der Waals surface area contributed by atoms with Gasteiger partial charge in [-0.15, -0.1) is 0 Å².